The van der Waals surface area contributed by atoms with E-state index < -0.39 is 23.4 Å². The van der Waals surface area contributed by atoms with Crippen molar-refractivity contribution in [2.75, 3.05) is 0 Å². The van der Waals surface area contributed by atoms with Gasteiger partial charge in [0.1, 0.15) is 0 Å². The standard InChI is InChI=1S/C9H12N2O4/c1-3-6(12)10-5-8(14)11(9(10)15)7(13)4-2/h5,14H,3-4H2,1-2H3. The maximum Gasteiger partial charge on any atom is 0.344 e. The van der Waals surface area contributed by atoms with Crippen LogP contribution < -0.4 is 5.69 Å². The normalized spacial score (nSPS) is 10.3. The fourth-order valence-corrected chi connectivity index (χ4v) is 1.18. The van der Waals surface area contributed by atoms with Crippen LogP contribution >= 0.6 is 0 Å². The first-order chi connectivity index (χ1) is 7.02. The van der Waals surface area contributed by atoms with Gasteiger partial charge in [-0.2, -0.15) is 4.57 Å². The highest BCUT2D eigenvalue weighted by Gasteiger charge is 2.18. The lowest BCUT2D eigenvalue weighted by molar-refractivity contribution is 0.0888. The van der Waals surface area contributed by atoms with Gasteiger partial charge in [-0.05, 0) is 0 Å². The summed E-state index contributed by atoms with van der Waals surface area (Å²) in [5.74, 6) is -1.51. The van der Waals surface area contributed by atoms with Crippen molar-refractivity contribution in [3.63, 3.8) is 0 Å². The molecule has 0 radical (unpaired) electrons. The Morgan fingerprint density at radius 1 is 1.27 bits per heavy atom. The smallest absolute Gasteiger partial charge is 0.344 e. The van der Waals surface area contributed by atoms with E-state index in [0.29, 0.717) is 4.57 Å². The highest BCUT2D eigenvalue weighted by molar-refractivity contribution is 5.83. The largest absolute Gasteiger partial charge is 0.493 e. The molecule has 82 valence electrons. The van der Waals surface area contributed by atoms with Crippen LogP contribution in [0.1, 0.15) is 36.3 Å². The number of rotatable bonds is 2. The van der Waals surface area contributed by atoms with Crippen LogP contribution in [0.3, 0.4) is 0 Å². The van der Waals surface area contributed by atoms with Crippen molar-refractivity contribution in [3.8, 4) is 5.88 Å². The number of nitrogens with zero attached hydrogens (tertiary/aromatic N) is 2. The van der Waals surface area contributed by atoms with E-state index in [9.17, 15) is 19.5 Å². The van der Waals surface area contributed by atoms with E-state index in [1.54, 1.807) is 13.8 Å². The van der Waals surface area contributed by atoms with Gasteiger partial charge >= 0.3 is 5.69 Å². The molecule has 15 heavy (non-hydrogen) atoms. The van der Waals surface area contributed by atoms with Crippen molar-refractivity contribution < 1.29 is 14.7 Å². The molecule has 0 saturated heterocycles. The van der Waals surface area contributed by atoms with E-state index in [0.717, 1.165) is 10.8 Å². The summed E-state index contributed by atoms with van der Waals surface area (Å²) in [6.45, 7) is 3.15. The zero-order chi connectivity index (χ0) is 11.6. The maximum absolute atomic E-state index is 11.5. The van der Waals surface area contributed by atoms with E-state index in [4.69, 9.17) is 0 Å². The Bertz CT molecular complexity index is 455. The van der Waals surface area contributed by atoms with Gasteiger partial charge in [-0.1, -0.05) is 13.8 Å². The molecule has 0 aromatic carbocycles. The molecule has 0 aliphatic rings. The fourth-order valence-electron chi connectivity index (χ4n) is 1.18. The van der Waals surface area contributed by atoms with Crippen LogP contribution in [0.15, 0.2) is 11.0 Å². The van der Waals surface area contributed by atoms with Crippen LogP contribution in [0.25, 0.3) is 0 Å². The van der Waals surface area contributed by atoms with Gasteiger partial charge in [0, 0.05) is 12.8 Å². The van der Waals surface area contributed by atoms with Crippen LogP contribution in [-0.2, 0) is 0 Å². The molecule has 6 nitrogen and oxygen atoms in total. The van der Waals surface area contributed by atoms with Crippen LogP contribution in [0, 0.1) is 0 Å². The van der Waals surface area contributed by atoms with Gasteiger partial charge < -0.3 is 5.11 Å². The Kier molecular flexibility index (Phi) is 3.08. The molecular formula is C9H12N2O4. The molecule has 0 fully saturated rings. The predicted octanol–water partition coefficient (Wildman–Crippen LogP) is 0.456. The Hall–Kier alpha value is -1.85. The molecule has 0 unspecified atom stereocenters. The van der Waals surface area contributed by atoms with Crippen LogP contribution in [0.4, 0.5) is 0 Å². The summed E-state index contributed by atoms with van der Waals surface area (Å²) in [7, 11) is 0. The van der Waals surface area contributed by atoms with Crippen molar-refractivity contribution in [1.82, 2.24) is 9.13 Å². The van der Waals surface area contributed by atoms with Crippen LogP contribution in [0.2, 0.25) is 0 Å². The first-order valence-corrected chi connectivity index (χ1v) is 4.62. The van der Waals surface area contributed by atoms with Crippen molar-refractivity contribution in [2.45, 2.75) is 26.7 Å². The highest BCUT2D eigenvalue weighted by atomic mass is 16.3. The molecular weight excluding hydrogens is 200 g/mol. The fraction of sp³-hybridized carbons (Fsp3) is 0.444. The average molecular weight is 212 g/mol. The monoisotopic (exact) mass is 212 g/mol. The number of hydrogen-bond donors (Lipinski definition) is 1. The van der Waals surface area contributed by atoms with E-state index in [1.165, 1.54) is 0 Å². The van der Waals surface area contributed by atoms with Gasteiger partial charge in [0.05, 0.1) is 6.20 Å². The molecule has 6 heteroatoms. The molecule has 1 heterocycles. The second-order valence-electron chi connectivity index (χ2n) is 2.97. The number of carbonyl (C=O) groups excluding carboxylic acids is 2. The molecule has 0 aliphatic heterocycles. The summed E-state index contributed by atoms with van der Waals surface area (Å²) in [5, 5.41) is 9.33. The zero-order valence-electron chi connectivity index (χ0n) is 8.56. The first kappa shape index (κ1) is 11.2. The molecule has 0 atom stereocenters. The number of hydrogen-bond acceptors (Lipinski definition) is 4. The van der Waals surface area contributed by atoms with Crippen LogP contribution in [0.5, 0.6) is 5.88 Å². The number of imidazole rings is 1. The third kappa shape index (κ3) is 1.83. The molecule has 1 N–H and O–H groups in total. The van der Waals surface area contributed by atoms with Crippen molar-refractivity contribution in [3.05, 3.63) is 16.7 Å². The Balaban J connectivity index is 3.33. The minimum absolute atomic E-state index is 0.0811. The van der Waals surface area contributed by atoms with Crippen molar-refractivity contribution in [2.24, 2.45) is 0 Å². The minimum Gasteiger partial charge on any atom is -0.493 e. The summed E-state index contributed by atoms with van der Waals surface area (Å²) in [6, 6.07) is 0. The average Bonchev–Trinajstić information content (AvgIpc) is 2.52. The summed E-state index contributed by atoms with van der Waals surface area (Å²) in [6.07, 6.45) is 1.17. The maximum atomic E-state index is 11.5. The third-order valence-electron chi connectivity index (χ3n) is 1.99. The van der Waals surface area contributed by atoms with Gasteiger partial charge in [-0.25, -0.2) is 9.36 Å². The van der Waals surface area contributed by atoms with E-state index in [-0.39, 0.29) is 12.8 Å². The summed E-state index contributed by atoms with van der Waals surface area (Å²) in [5.41, 5.74) is -0.814. The topological polar surface area (TPSA) is 81.3 Å². The van der Waals surface area contributed by atoms with Crippen LogP contribution in [-0.4, -0.2) is 26.1 Å². The predicted molar refractivity (Wildman–Crippen MR) is 52.2 cm³/mol. The molecule has 0 spiro atoms. The quantitative estimate of drug-likeness (QED) is 0.771. The Morgan fingerprint density at radius 3 is 2.27 bits per heavy atom. The lowest BCUT2D eigenvalue weighted by atomic mass is 10.4. The SMILES string of the molecule is CCC(=O)n1cc(O)n(C(=O)CC)c1=O. The number of aromatic nitrogens is 2. The van der Waals surface area contributed by atoms with Crippen molar-refractivity contribution >= 4 is 11.8 Å². The van der Waals surface area contributed by atoms with E-state index in [2.05, 4.69) is 0 Å². The van der Waals surface area contributed by atoms with E-state index >= 15 is 0 Å². The van der Waals surface area contributed by atoms with E-state index in [1.807, 2.05) is 0 Å². The second kappa shape index (κ2) is 4.12. The molecule has 0 bridgehead atoms. The third-order valence-corrected chi connectivity index (χ3v) is 1.99. The summed E-state index contributed by atoms with van der Waals surface area (Å²) in [4.78, 5) is 34.0. The van der Waals surface area contributed by atoms with Gasteiger partial charge in [-0.3, -0.25) is 9.59 Å². The molecule has 0 aliphatic carbocycles. The molecule has 0 amide bonds. The van der Waals surface area contributed by atoms with Gasteiger partial charge in [0.2, 0.25) is 17.7 Å². The molecule has 1 aromatic heterocycles. The lowest BCUT2D eigenvalue weighted by Crippen LogP contribution is -2.31. The molecule has 0 saturated carbocycles. The Morgan fingerprint density at radius 2 is 1.80 bits per heavy atom. The zero-order valence-corrected chi connectivity index (χ0v) is 8.56. The second-order valence-corrected chi connectivity index (χ2v) is 2.97. The Labute approximate surface area is 85.7 Å². The van der Waals surface area contributed by atoms with Gasteiger partial charge in [0.25, 0.3) is 0 Å². The summed E-state index contributed by atoms with van der Waals surface area (Å²) >= 11 is 0. The van der Waals surface area contributed by atoms with Gasteiger partial charge in [0.15, 0.2) is 0 Å². The van der Waals surface area contributed by atoms with Crippen molar-refractivity contribution in [1.29, 1.82) is 0 Å². The van der Waals surface area contributed by atoms with Gasteiger partial charge in [-0.15, -0.1) is 0 Å². The minimum atomic E-state index is -0.814. The lowest BCUT2D eigenvalue weighted by Gasteiger charge is -1.97. The number of aromatic hydroxyl groups is 1. The molecule has 1 rings (SSSR count). The highest BCUT2D eigenvalue weighted by Crippen LogP contribution is 2.06. The number of carbonyl (C=O) groups is 2. The first-order valence-electron chi connectivity index (χ1n) is 4.62. The molecule has 1 aromatic rings. The summed E-state index contributed by atoms with van der Waals surface area (Å²) < 4.78 is 1.33.